The van der Waals surface area contributed by atoms with E-state index >= 15 is 0 Å². The lowest BCUT2D eigenvalue weighted by Gasteiger charge is -2.20. The molecule has 0 aliphatic rings. The predicted octanol–water partition coefficient (Wildman–Crippen LogP) is 3.26. The summed E-state index contributed by atoms with van der Waals surface area (Å²) < 4.78 is 13.2. The molecule has 0 saturated heterocycles. The van der Waals surface area contributed by atoms with Gasteiger partial charge in [0.2, 0.25) is 0 Å². The molecule has 0 heterocycles. The normalized spacial score (nSPS) is 10.0. The Bertz CT molecular complexity index is 782. The lowest BCUT2D eigenvalue weighted by Crippen LogP contribution is -2.34. The van der Waals surface area contributed by atoms with Gasteiger partial charge in [-0.1, -0.05) is 18.2 Å². The van der Waals surface area contributed by atoms with Gasteiger partial charge in [-0.2, -0.15) is 0 Å². The van der Waals surface area contributed by atoms with Crippen LogP contribution in [0.25, 0.3) is 0 Å². The number of nitro benzene ring substituents is 1. The largest absolute Gasteiger partial charge is 0.478 e. The molecule has 8 nitrogen and oxygen atoms in total. The first-order chi connectivity index (χ1) is 11.4. The molecule has 0 bridgehead atoms. The van der Waals surface area contributed by atoms with Gasteiger partial charge in [0.1, 0.15) is 0 Å². The second-order valence-electron chi connectivity index (χ2n) is 4.61. The number of benzene rings is 2. The van der Waals surface area contributed by atoms with Crippen molar-refractivity contribution in [2.75, 3.05) is 17.0 Å². The van der Waals surface area contributed by atoms with Crippen LogP contribution in [0.3, 0.4) is 0 Å². The van der Waals surface area contributed by atoms with E-state index in [0.717, 1.165) is 23.1 Å². The van der Waals surface area contributed by atoms with E-state index in [0.29, 0.717) is 0 Å². The van der Waals surface area contributed by atoms with Gasteiger partial charge in [0.05, 0.1) is 16.2 Å². The first-order valence-electron chi connectivity index (χ1n) is 6.65. The third kappa shape index (κ3) is 3.64. The van der Waals surface area contributed by atoms with Gasteiger partial charge in [0, 0.05) is 17.8 Å². The predicted molar refractivity (Wildman–Crippen MR) is 84.0 cm³/mol. The summed E-state index contributed by atoms with van der Waals surface area (Å²) in [7, 11) is 0. The van der Waals surface area contributed by atoms with Crippen molar-refractivity contribution in [3.05, 3.63) is 64.2 Å². The first kappa shape index (κ1) is 16.9. The average Bonchev–Trinajstić information content (AvgIpc) is 2.56. The number of carbonyl (C=O) groups excluding carboxylic acids is 1. The summed E-state index contributed by atoms with van der Waals surface area (Å²) >= 11 is 0. The lowest BCUT2D eigenvalue weighted by molar-refractivity contribution is -0.384. The number of amides is 2. The van der Waals surface area contributed by atoms with Crippen LogP contribution in [-0.2, 0) is 0 Å². The van der Waals surface area contributed by atoms with Crippen molar-refractivity contribution < 1.29 is 24.0 Å². The number of aromatic carboxylic acids is 1. The zero-order chi connectivity index (χ0) is 17.7. The minimum absolute atomic E-state index is 0.174. The fraction of sp³-hybridized carbons (Fsp3) is 0.0667. The highest BCUT2D eigenvalue weighted by molar-refractivity contribution is 6.06. The van der Waals surface area contributed by atoms with E-state index in [9.17, 15) is 24.1 Å². The molecular weight excluding hydrogens is 321 g/mol. The topological polar surface area (TPSA) is 113 Å². The molecule has 2 rings (SSSR count). The Hall–Kier alpha value is -3.49. The lowest BCUT2D eigenvalue weighted by atomic mass is 10.1. The van der Waals surface area contributed by atoms with E-state index in [4.69, 9.17) is 5.11 Å². The van der Waals surface area contributed by atoms with E-state index in [-0.39, 0.29) is 11.4 Å². The molecule has 0 spiro atoms. The summed E-state index contributed by atoms with van der Waals surface area (Å²) in [4.78, 5) is 34.1. The molecule has 0 atom stereocenters. The number of para-hydroxylation sites is 1. The summed E-state index contributed by atoms with van der Waals surface area (Å²) in [5.41, 5.74) is -0.802. The maximum absolute atomic E-state index is 13.2. The SMILES string of the molecule is O=C(O)c1cc([N+](=O)[O-])ccc1NC(=O)N(CF)c1ccccc1. The fourth-order valence-corrected chi connectivity index (χ4v) is 1.96. The molecule has 0 fully saturated rings. The zero-order valence-electron chi connectivity index (χ0n) is 12.2. The number of anilines is 2. The number of urea groups is 1. The summed E-state index contributed by atoms with van der Waals surface area (Å²) in [6, 6.07) is 9.97. The van der Waals surface area contributed by atoms with Gasteiger partial charge in [0.25, 0.3) is 5.69 Å². The molecule has 2 aromatic rings. The molecule has 0 aromatic heterocycles. The minimum Gasteiger partial charge on any atom is -0.478 e. The highest BCUT2D eigenvalue weighted by Crippen LogP contribution is 2.23. The minimum atomic E-state index is -1.46. The number of hydrogen-bond donors (Lipinski definition) is 2. The van der Waals surface area contributed by atoms with Gasteiger partial charge >= 0.3 is 12.0 Å². The molecule has 9 heteroatoms. The summed E-state index contributed by atoms with van der Waals surface area (Å²) in [6.45, 7) is -1.13. The van der Waals surface area contributed by atoms with Crippen LogP contribution in [0.5, 0.6) is 0 Å². The van der Waals surface area contributed by atoms with Crippen LogP contribution >= 0.6 is 0 Å². The molecule has 2 N–H and O–H groups in total. The molecule has 0 radical (unpaired) electrons. The van der Waals surface area contributed by atoms with Gasteiger partial charge in [0.15, 0.2) is 6.80 Å². The van der Waals surface area contributed by atoms with Crippen molar-refractivity contribution in [2.24, 2.45) is 0 Å². The molecular formula is C15H12FN3O5. The average molecular weight is 333 g/mol. The first-order valence-corrected chi connectivity index (χ1v) is 6.65. The van der Waals surface area contributed by atoms with Crippen molar-refractivity contribution in [1.29, 1.82) is 0 Å². The highest BCUT2D eigenvalue weighted by Gasteiger charge is 2.21. The molecule has 0 aliphatic carbocycles. The second-order valence-corrected chi connectivity index (χ2v) is 4.61. The Balaban J connectivity index is 2.31. The number of carboxylic acids is 1. The van der Waals surface area contributed by atoms with E-state index in [1.54, 1.807) is 18.2 Å². The summed E-state index contributed by atoms with van der Waals surface area (Å²) in [6.07, 6.45) is 0. The number of nitrogens with zero attached hydrogens (tertiary/aromatic N) is 2. The molecule has 0 aliphatic heterocycles. The van der Waals surface area contributed by atoms with E-state index in [2.05, 4.69) is 5.32 Å². The molecule has 0 unspecified atom stereocenters. The fourth-order valence-electron chi connectivity index (χ4n) is 1.96. The number of nitrogens with one attached hydrogen (secondary N) is 1. The number of hydrogen-bond acceptors (Lipinski definition) is 4. The van der Waals surface area contributed by atoms with Gasteiger partial charge in [-0.3, -0.25) is 15.0 Å². The van der Waals surface area contributed by atoms with Gasteiger partial charge < -0.3 is 10.4 Å². The number of rotatable bonds is 5. The third-order valence-corrected chi connectivity index (χ3v) is 3.12. The van der Waals surface area contributed by atoms with Crippen LogP contribution in [-0.4, -0.2) is 28.8 Å². The summed E-state index contributed by atoms with van der Waals surface area (Å²) in [5.74, 6) is -1.46. The van der Waals surface area contributed by atoms with Crippen LogP contribution in [0.2, 0.25) is 0 Å². The standard InChI is InChI=1S/C15H12FN3O5/c16-9-18(10-4-2-1-3-5-10)15(22)17-13-7-6-11(19(23)24)8-12(13)14(20)21/h1-8H,9H2,(H,17,22)(H,20,21). The van der Waals surface area contributed by atoms with Crippen LogP contribution < -0.4 is 10.2 Å². The van der Waals surface area contributed by atoms with E-state index in [1.165, 1.54) is 12.1 Å². The van der Waals surface area contributed by atoms with Crippen molar-refractivity contribution >= 4 is 29.1 Å². The second kappa shape index (κ2) is 7.18. The van der Waals surface area contributed by atoms with Crippen molar-refractivity contribution in [3.63, 3.8) is 0 Å². The van der Waals surface area contributed by atoms with E-state index in [1.807, 2.05) is 0 Å². The quantitative estimate of drug-likeness (QED) is 0.495. The molecule has 24 heavy (non-hydrogen) atoms. The van der Waals surface area contributed by atoms with Crippen molar-refractivity contribution in [2.45, 2.75) is 0 Å². The molecule has 2 amide bonds. The Kier molecular flexibility index (Phi) is 5.05. The Morgan fingerprint density at radius 3 is 2.42 bits per heavy atom. The van der Waals surface area contributed by atoms with Crippen LogP contribution in [0.4, 0.5) is 26.2 Å². The number of non-ortho nitro benzene ring substituents is 1. The van der Waals surface area contributed by atoms with Gasteiger partial charge in [-0.05, 0) is 18.2 Å². The van der Waals surface area contributed by atoms with Gasteiger partial charge in [-0.25, -0.2) is 14.0 Å². The van der Waals surface area contributed by atoms with Gasteiger partial charge in [-0.15, -0.1) is 0 Å². The Morgan fingerprint density at radius 1 is 1.21 bits per heavy atom. The monoisotopic (exact) mass is 333 g/mol. The molecule has 2 aromatic carbocycles. The van der Waals surface area contributed by atoms with Crippen molar-refractivity contribution in [1.82, 2.24) is 0 Å². The highest BCUT2D eigenvalue weighted by atomic mass is 19.1. The zero-order valence-corrected chi connectivity index (χ0v) is 12.2. The summed E-state index contributed by atoms with van der Waals surface area (Å²) in [5, 5.41) is 22.1. The Morgan fingerprint density at radius 2 is 1.88 bits per heavy atom. The third-order valence-electron chi connectivity index (χ3n) is 3.12. The van der Waals surface area contributed by atoms with Crippen LogP contribution in [0.15, 0.2) is 48.5 Å². The van der Waals surface area contributed by atoms with Crippen molar-refractivity contribution in [3.8, 4) is 0 Å². The number of carboxylic acid groups (broad SMARTS) is 1. The molecule has 0 saturated carbocycles. The number of halogens is 1. The molecule has 124 valence electrons. The maximum atomic E-state index is 13.2. The Labute approximate surface area is 135 Å². The van der Waals surface area contributed by atoms with Crippen LogP contribution in [0, 0.1) is 10.1 Å². The maximum Gasteiger partial charge on any atom is 0.338 e. The number of nitro groups is 1. The van der Waals surface area contributed by atoms with Crippen LogP contribution in [0.1, 0.15) is 10.4 Å². The smallest absolute Gasteiger partial charge is 0.338 e. The number of carbonyl (C=O) groups is 2. The van der Waals surface area contributed by atoms with E-state index < -0.39 is 35.0 Å². The number of alkyl halides is 1.